The number of aliphatic hydroxyl groups excluding tert-OH is 1. The molecule has 144 valence electrons. The number of nitrogens with one attached hydrogen (secondary N) is 2. The molecule has 0 bridgehead atoms. The summed E-state index contributed by atoms with van der Waals surface area (Å²) in [7, 11) is 0. The van der Waals surface area contributed by atoms with Gasteiger partial charge in [0, 0.05) is 37.3 Å². The highest BCUT2D eigenvalue weighted by Crippen LogP contribution is 2.27. The summed E-state index contributed by atoms with van der Waals surface area (Å²) in [5.74, 6) is 0.321. The maximum atomic E-state index is 12.0. The summed E-state index contributed by atoms with van der Waals surface area (Å²) >= 11 is 0. The molecule has 1 aliphatic carbocycles. The van der Waals surface area contributed by atoms with Crippen molar-refractivity contribution in [1.82, 2.24) is 10.6 Å². The van der Waals surface area contributed by atoms with Crippen LogP contribution in [0.25, 0.3) is 0 Å². The predicted octanol–water partition coefficient (Wildman–Crippen LogP) is 0.792. The standard InChI is InChI=1S/C18H32N2O5/c1-13(2)18(24)14-3-5-15(6-4-14)20-17(23)8-11-25-12-9-19-16(22)7-10-21/h13-15,21H,3-12H2,1-2H3,(H,19,22)(H,20,23). The highest BCUT2D eigenvalue weighted by Gasteiger charge is 2.28. The molecular formula is C18H32N2O5. The number of ether oxygens (including phenoxy) is 1. The number of hydrogen-bond donors (Lipinski definition) is 3. The average molecular weight is 356 g/mol. The summed E-state index contributed by atoms with van der Waals surface area (Å²) in [5.41, 5.74) is 0. The Morgan fingerprint density at radius 1 is 1.04 bits per heavy atom. The van der Waals surface area contributed by atoms with Gasteiger partial charge in [0.25, 0.3) is 0 Å². The fourth-order valence-electron chi connectivity index (χ4n) is 3.01. The van der Waals surface area contributed by atoms with Crippen LogP contribution >= 0.6 is 0 Å². The van der Waals surface area contributed by atoms with E-state index in [2.05, 4.69) is 10.6 Å². The van der Waals surface area contributed by atoms with Crippen molar-refractivity contribution in [2.75, 3.05) is 26.4 Å². The van der Waals surface area contributed by atoms with Crippen molar-refractivity contribution in [3.63, 3.8) is 0 Å². The molecule has 1 saturated carbocycles. The van der Waals surface area contributed by atoms with E-state index in [9.17, 15) is 14.4 Å². The second kappa shape index (κ2) is 12.0. The van der Waals surface area contributed by atoms with Crippen molar-refractivity contribution < 1.29 is 24.2 Å². The zero-order chi connectivity index (χ0) is 18.7. The molecule has 0 radical (unpaired) electrons. The summed E-state index contributed by atoms with van der Waals surface area (Å²) in [6, 6.07) is 0.154. The Labute approximate surface area is 149 Å². The Bertz CT molecular complexity index is 431. The Balaban J connectivity index is 2.06. The zero-order valence-corrected chi connectivity index (χ0v) is 15.4. The Hall–Kier alpha value is -1.47. The first-order chi connectivity index (χ1) is 11.9. The minimum Gasteiger partial charge on any atom is -0.396 e. The van der Waals surface area contributed by atoms with Gasteiger partial charge in [0.15, 0.2) is 0 Å². The van der Waals surface area contributed by atoms with Crippen molar-refractivity contribution in [3.05, 3.63) is 0 Å². The lowest BCUT2D eigenvalue weighted by Gasteiger charge is -2.29. The first-order valence-electron chi connectivity index (χ1n) is 9.22. The monoisotopic (exact) mass is 356 g/mol. The van der Waals surface area contributed by atoms with Gasteiger partial charge in [-0.3, -0.25) is 14.4 Å². The molecule has 0 atom stereocenters. The Morgan fingerprint density at radius 2 is 1.72 bits per heavy atom. The molecule has 0 spiro atoms. The fraction of sp³-hybridized carbons (Fsp3) is 0.833. The lowest BCUT2D eigenvalue weighted by Crippen LogP contribution is -2.39. The summed E-state index contributed by atoms with van der Waals surface area (Å²) < 4.78 is 5.31. The van der Waals surface area contributed by atoms with Crippen LogP contribution in [0.15, 0.2) is 0 Å². The molecule has 0 unspecified atom stereocenters. The van der Waals surface area contributed by atoms with Gasteiger partial charge in [-0.15, -0.1) is 0 Å². The fourth-order valence-corrected chi connectivity index (χ4v) is 3.01. The van der Waals surface area contributed by atoms with Crippen molar-refractivity contribution in [1.29, 1.82) is 0 Å². The molecule has 0 saturated heterocycles. The highest BCUT2D eigenvalue weighted by molar-refractivity contribution is 5.83. The van der Waals surface area contributed by atoms with Gasteiger partial charge in [-0.1, -0.05) is 13.8 Å². The van der Waals surface area contributed by atoms with Gasteiger partial charge in [-0.2, -0.15) is 0 Å². The first-order valence-corrected chi connectivity index (χ1v) is 9.22. The van der Waals surface area contributed by atoms with E-state index in [1.807, 2.05) is 13.8 Å². The Kier molecular flexibility index (Phi) is 10.3. The third-order valence-electron chi connectivity index (χ3n) is 4.44. The molecule has 7 nitrogen and oxygen atoms in total. The molecule has 1 aliphatic rings. The summed E-state index contributed by atoms with van der Waals surface area (Å²) in [6.07, 6.45) is 3.79. The minimum atomic E-state index is -0.213. The maximum Gasteiger partial charge on any atom is 0.222 e. The van der Waals surface area contributed by atoms with E-state index >= 15 is 0 Å². The van der Waals surface area contributed by atoms with Crippen molar-refractivity contribution in [2.45, 2.75) is 58.4 Å². The molecule has 0 aromatic heterocycles. The third-order valence-corrected chi connectivity index (χ3v) is 4.44. The molecule has 3 N–H and O–H groups in total. The van der Waals surface area contributed by atoms with Gasteiger partial charge in [0.2, 0.25) is 11.8 Å². The molecule has 0 aromatic rings. The van der Waals surface area contributed by atoms with E-state index in [1.54, 1.807) is 0 Å². The number of rotatable bonds is 11. The van der Waals surface area contributed by atoms with Gasteiger partial charge in [0.05, 0.1) is 19.8 Å². The second-order valence-corrected chi connectivity index (χ2v) is 6.86. The summed E-state index contributed by atoms with van der Waals surface area (Å²) in [4.78, 5) is 35.0. The van der Waals surface area contributed by atoms with Gasteiger partial charge >= 0.3 is 0 Å². The topological polar surface area (TPSA) is 105 Å². The van der Waals surface area contributed by atoms with Crippen LogP contribution in [0.1, 0.15) is 52.4 Å². The Morgan fingerprint density at radius 3 is 2.32 bits per heavy atom. The van der Waals surface area contributed by atoms with E-state index < -0.39 is 0 Å². The van der Waals surface area contributed by atoms with Crippen LogP contribution in [-0.2, 0) is 19.1 Å². The number of Topliss-reactive ketones (excluding diaryl/α,β-unsaturated/α-hetero) is 1. The smallest absolute Gasteiger partial charge is 0.222 e. The molecule has 25 heavy (non-hydrogen) atoms. The maximum absolute atomic E-state index is 12.0. The van der Waals surface area contributed by atoms with Crippen molar-refractivity contribution in [2.24, 2.45) is 11.8 Å². The number of carbonyl (C=O) groups is 3. The van der Waals surface area contributed by atoms with E-state index in [1.165, 1.54) is 0 Å². The number of amides is 2. The van der Waals surface area contributed by atoms with Crippen LogP contribution in [0.4, 0.5) is 0 Å². The van der Waals surface area contributed by atoms with Crippen molar-refractivity contribution in [3.8, 4) is 0 Å². The van der Waals surface area contributed by atoms with Gasteiger partial charge in [-0.25, -0.2) is 0 Å². The lowest BCUT2D eigenvalue weighted by molar-refractivity contribution is -0.127. The van der Waals surface area contributed by atoms with Crippen LogP contribution in [0.5, 0.6) is 0 Å². The molecular weight excluding hydrogens is 324 g/mol. The number of carbonyl (C=O) groups excluding carboxylic acids is 3. The van der Waals surface area contributed by atoms with Gasteiger partial charge in [0.1, 0.15) is 5.78 Å². The lowest BCUT2D eigenvalue weighted by atomic mass is 9.80. The minimum absolute atomic E-state index is 0.0389. The molecule has 2 amide bonds. The van der Waals surface area contributed by atoms with Crippen LogP contribution in [0.3, 0.4) is 0 Å². The number of aliphatic hydroxyl groups is 1. The van der Waals surface area contributed by atoms with Crippen LogP contribution in [0, 0.1) is 11.8 Å². The molecule has 0 heterocycles. The van der Waals surface area contributed by atoms with E-state index in [-0.39, 0.29) is 49.1 Å². The molecule has 1 fully saturated rings. The van der Waals surface area contributed by atoms with Crippen LogP contribution in [-0.4, -0.2) is 55.1 Å². The SMILES string of the molecule is CC(C)C(=O)C1CCC(NC(=O)CCOCCNC(=O)CCO)CC1. The number of ketones is 1. The molecule has 0 aromatic carbocycles. The zero-order valence-electron chi connectivity index (χ0n) is 15.4. The largest absolute Gasteiger partial charge is 0.396 e. The van der Waals surface area contributed by atoms with Crippen LogP contribution < -0.4 is 10.6 Å². The highest BCUT2D eigenvalue weighted by atomic mass is 16.5. The second-order valence-electron chi connectivity index (χ2n) is 6.86. The molecule has 7 heteroatoms. The quantitative estimate of drug-likeness (QED) is 0.475. The molecule has 0 aliphatic heterocycles. The third kappa shape index (κ3) is 8.97. The van der Waals surface area contributed by atoms with Gasteiger partial charge < -0.3 is 20.5 Å². The van der Waals surface area contributed by atoms with E-state index in [0.29, 0.717) is 25.5 Å². The van der Waals surface area contributed by atoms with Gasteiger partial charge in [-0.05, 0) is 25.7 Å². The molecule has 1 rings (SSSR count). The average Bonchev–Trinajstić information content (AvgIpc) is 2.58. The summed E-state index contributed by atoms with van der Waals surface area (Å²) in [5, 5.41) is 14.2. The number of hydrogen-bond acceptors (Lipinski definition) is 5. The van der Waals surface area contributed by atoms with Crippen molar-refractivity contribution >= 4 is 17.6 Å². The first kappa shape index (κ1) is 21.6. The van der Waals surface area contributed by atoms with Crippen LogP contribution in [0.2, 0.25) is 0 Å². The van der Waals surface area contributed by atoms with E-state index in [4.69, 9.17) is 9.84 Å². The van der Waals surface area contributed by atoms with E-state index in [0.717, 1.165) is 25.7 Å². The summed E-state index contributed by atoms with van der Waals surface area (Å²) in [6.45, 7) is 4.73. The normalized spacial score (nSPS) is 20.3. The predicted molar refractivity (Wildman–Crippen MR) is 93.9 cm³/mol.